The van der Waals surface area contributed by atoms with Crippen molar-refractivity contribution in [1.82, 2.24) is 0 Å². The van der Waals surface area contributed by atoms with Gasteiger partial charge < -0.3 is 14.6 Å². The Bertz CT molecular complexity index is 652. The van der Waals surface area contributed by atoms with Gasteiger partial charge in [-0.05, 0) is 30.0 Å². The minimum absolute atomic E-state index is 0.355. The summed E-state index contributed by atoms with van der Waals surface area (Å²) in [6, 6.07) is 14.9. The third kappa shape index (κ3) is 4.51. The number of aliphatic carboxylic acids is 1. The fourth-order valence-corrected chi connectivity index (χ4v) is 2.65. The zero-order chi connectivity index (χ0) is 17.4. The van der Waals surface area contributed by atoms with Crippen LogP contribution in [-0.4, -0.2) is 24.8 Å². The van der Waals surface area contributed by atoms with E-state index >= 15 is 0 Å². The maximum Gasteiger partial charge on any atom is 0.311 e. The number of unbranched alkanes of at least 4 members (excludes halogenated alkanes) is 1. The van der Waals surface area contributed by atoms with E-state index in [9.17, 15) is 9.90 Å². The standard InChI is InChI=1S/C20H24O4/c1-3-4-13-24-18-12-8-11-16(19(18)23-2)14-17(20(21)22)15-9-6-5-7-10-15/h5-12,17H,3-4,13-14H2,1-2H3,(H,21,22). The van der Waals surface area contributed by atoms with Gasteiger partial charge in [0.2, 0.25) is 0 Å². The van der Waals surface area contributed by atoms with Gasteiger partial charge in [-0.1, -0.05) is 55.8 Å². The van der Waals surface area contributed by atoms with E-state index in [1.807, 2.05) is 48.5 Å². The number of carbonyl (C=O) groups is 1. The highest BCUT2D eigenvalue weighted by atomic mass is 16.5. The molecule has 1 unspecified atom stereocenters. The topological polar surface area (TPSA) is 55.8 Å². The summed E-state index contributed by atoms with van der Waals surface area (Å²) in [5, 5.41) is 9.62. The predicted octanol–water partition coefficient (Wildman–Crippen LogP) is 4.29. The number of methoxy groups -OCH3 is 1. The van der Waals surface area contributed by atoms with Crippen molar-refractivity contribution in [2.75, 3.05) is 13.7 Å². The summed E-state index contributed by atoms with van der Waals surface area (Å²) in [6.45, 7) is 2.73. The highest BCUT2D eigenvalue weighted by molar-refractivity contribution is 5.76. The SMILES string of the molecule is CCCCOc1cccc(CC(C(=O)O)c2ccccc2)c1OC. The molecule has 0 saturated carbocycles. The number of ether oxygens (including phenoxy) is 2. The van der Waals surface area contributed by atoms with Crippen LogP contribution in [0.1, 0.15) is 36.8 Å². The van der Waals surface area contributed by atoms with Crippen LogP contribution in [-0.2, 0) is 11.2 Å². The molecule has 24 heavy (non-hydrogen) atoms. The molecule has 1 atom stereocenters. The van der Waals surface area contributed by atoms with Gasteiger partial charge in [0, 0.05) is 0 Å². The fourth-order valence-electron chi connectivity index (χ4n) is 2.65. The summed E-state index contributed by atoms with van der Waals surface area (Å²) in [5.74, 6) is -0.178. The molecule has 4 heteroatoms. The van der Waals surface area contributed by atoms with Crippen molar-refractivity contribution in [1.29, 1.82) is 0 Å². The first-order valence-electron chi connectivity index (χ1n) is 8.23. The Labute approximate surface area is 143 Å². The molecule has 0 spiro atoms. The van der Waals surface area contributed by atoms with Gasteiger partial charge in [0.05, 0.1) is 19.6 Å². The lowest BCUT2D eigenvalue weighted by Crippen LogP contribution is -2.15. The second kappa shape index (κ2) is 8.96. The molecule has 0 aliphatic carbocycles. The van der Waals surface area contributed by atoms with Crippen molar-refractivity contribution >= 4 is 5.97 Å². The third-order valence-corrected chi connectivity index (χ3v) is 3.94. The molecule has 0 bridgehead atoms. The predicted molar refractivity (Wildman–Crippen MR) is 93.9 cm³/mol. The summed E-state index contributed by atoms with van der Waals surface area (Å²) < 4.78 is 11.3. The summed E-state index contributed by atoms with van der Waals surface area (Å²) in [4.78, 5) is 11.7. The minimum atomic E-state index is -0.847. The van der Waals surface area contributed by atoms with Crippen molar-refractivity contribution in [3.05, 3.63) is 59.7 Å². The molecule has 0 amide bonds. The highest BCUT2D eigenvalue weighted by Crippen LogP contribution is 2.34. The summed E-state index contributed by atoms with van der Waals surface area (Å²) in [7, 11) is 1.59. The molecule has 0 fully saturated rings. The molecule has 0 radical (unpaired) electrons. The van der Waals surface area contributed by atoms with Crippen molar-refractivity contribution in [2.24, 2.45) is 0 Å². The molecule has 2 aromatic carbocycles. The van der Waals surface area contributed by atoms with Crippen molar-refractivity contribution in [3.8, 4) is 11.5 Å². The zero-order valence-electron chi connectivity index (χ0n) is 14.2. The maximum absolute atomic E-state index is 11.7. The van der Waals surface area contributed by atoms with Crippen LogP contribution in [0.4, 0.5) is 0 Å². The normalized spacial score (nSPS) is 11.8. The van der Waals surface area contributed by atoms with E-state index in [1.54, 1.807) is 7.11 Å². The van der Waals surface area contributed by atoms with Gasteiger partial charge in [0.1, 0.15) is 0 Å². The molecule has 0 aromatic heterocycles. The molecule has 2 rings (SSSR count). The first kappa shape index (κ1) is 17.9. The lowest BCUT2D eigenvalue weighted by atomic mass is 9.91. The van der Waals surface area contributed by atoms with Crippen LogP contribution in [0.2, 0.25) is 0 Å². The molecule has 0 saturated heterocycles. The monoisotopic (exact) mass is 328 g/mol. The van der Waals surface area contributed by atoms with Crippen molar-refractivity contribution in [3.63, 3.8) is 0 Å². The lowest BCUT2D eigenvalue weighted by molar-refractivity contribution is -0.138. The first-order chi connectivity index (χ1) is 11.7. The lowest BCUT2D eigenvalue weighted by Gasteiger charge is -2.17. The third-order valence-electron chi connectivity index (χ3n) is 3.94. The molecular weight excluding hydrogens is 304 g/mol. The molecule has 0 aliphatic rings. The van der Waals surface area contributed by atoms with E-state index in [4.69, 9.17) is 9.47 Å². The average molecular weight is 328 g/mol. The molecule has 0 aliphatic heterocycles. The Balaban J connectivity index is 2.26. The molecule has 0 heterocycles. The summed E-state index contributed by atoms with van der Waals surface area (Å²) in [6.07, 6.45) is 2.37. The number of rotatable bonds is 9. The number of para-hydroxylation sites is 1. The minimum Gasteiger partial charge on any atom is -0.493 e. The van der Waals surface area contributed by atoms with Crippen LogP contribution < -0.4 is 9.47 Å². The van der Waals surface area contributed by atoms with Crippen molar-refractivity contribution in [2.45, 2.75) is 32.1 Å². The van der Waals surface area contributed by atoms with Gasteiger partial charge in [0.25, 0.3) is 0 Å². The van der Waals surface area contributed by atoms with Crippen LogP contribution in [0.15, 0.2) is 48.5 Å². The number of hydrogen-bond acceptors (Lipinski definition) is 3. The van der Waals surface area contributed by atoms with Crippen LogP contribution in [0.3, 0.4) is 0 Å². The van der Waals surface area contributed by atoms with Crippen LogP contribution in [0.25, 0.3) is 0 Å². The molecule has 4 nitrogen and oxygen atoms in total. The van der Waals surface area contributed by atoms with Gasteiger partial charge >= 0.3 is 5.97 Å². The Kier molecular flexibility index (Phi) is 6.67. The first-order valence-corrected chi connectivity index (χ1v) is 8.23. The zero-order valence-corrected chi connectivity index (χ0v) is 14.2. The Morgan fingerprint density at radius 2 is 1.88 bits per heavy atom. The van der Waals surface area contributed by atoms with E-state index in [0.717, 1.165) is 24.0 Å². The number of carboxylic acids is 1. The second-order valence-corrected chi connectivity index (χ2v) is 5.66. The number of benzene rings is 2. The van der Waals surface area contributed by atoms with Gasteiger partial charge in [-0.25, -0.2) is 0 Å². The second-order valence-electron chi connectivity index (χ2n) is 5.66. The van der Waals surface area contributed by atoms with Gasteiger partial charge in [-0.2, -0.15) is 0 Å². The summed E-state index contributed by atoms with van der Waals surface area (Å²) in [5.41, 5.74) is 1.62. The van der Waals surface area contributed by atoms with Gasteiger partial charge in [0.15, 0.2) is 11.5 Å². The van der Waals surface area contributed by atoms with Crippen LogP contribution in [0, 0.1) is 0 Å². The van der Waals surface area contributed by atoms with E-state index in [2.05, 4.69) is 6.92 Å². The Hall–Kier alpha value is -2.49. The van der Waals surface area contributed by atoms with Gasteiger partial charge in [-0.15, -0.1) is 0 Å². The highest BCUT2D eigenvalue weighted by Gasteiger charge is 2.23. The molecular formula is C20H24O4. The maximum atomic E-state index is 11.7. The molecule has 128 valence electrons. The molecule has 2 aromatic rings. The summed E-state index contributed by atoms with van der Waals surface area (Å²) >= 11 is 0. The average Bonchev–Trinajstić information content (AvgIpc) is 2.60. The van der Waals surface area contributed by atoms with Crippen LogP contribution >= 0.6 is 0 Å². The Morgan fingerprint density at radius 3 is 2.50 bits per heavy atom. The van der Waals surface area contributed by atoms with E-state index in [-0.39, 0.29) is 0 Å². The number of carboxylic acid groups (broad SMARTS) is 1. The quantitative estimate of drug-likeness (QED) is 0.698. The fraction of sp³-hybridized carbons (Fsp3) is 0.350. The van der Waals surface area contributed by atoms with Crippen LogP contribution in [0.5, 0.6) is 11.5 Å². The van der Waals surface area contributed by atoms with E-state index in [0.29, 0.717) is 24.5 Å². The Morgan fingerprint density at radius 1 is 1.12 bits per heavy atom. The smallest absolute Gasteiger partial charge is 0.311 e. The van der Waals surface area contributed by atoms with Crippen molar-refractivity contribution < 1.29 is 19.4 Å². The van der Waals surface area contributed by atoms with Gasteiger partial charge in [-0.3, -0.25) is 4.79 Å². The number of hydrogen-bond donors (Lipinski definition) is 1. The van der Waals surface area contributed by atoms with E-state index in [1.165, 1.54) is 0 Å². The molecule has 1 N–H and O–H groups in total. The van der Waals surface area contributed by atoms with E-state index < -0.39 is 11.9 Å². The largest absolute Gasteiger partial charge is 0.493 e.